The van der Waals surface area contributed by atoms with Gasteiger partial charge < -0.3 is 5.73 Å². The minimum absolute atomic E-state index is 0.0622. The van der Waals surface area contributed by atoms with Crippen LogP contribution in [0.4, 0.5) is 11.5 Å². The Hall–Kier alpha value is -2.88. The third-order valence-corrected chi connectivity index (χ3v) is 3.94. The molecule has 0 amide bonds. The molecule has 1 aromatic carbocycles. The molecule has 10 heteroatoms. The van der Waals surface area contributed by atoms with E-state index in [1.807, 2.05) is 13.0 Å². The molecule has 3 aromatic rings. The van der Waals surface area contributed by atoms with Crippen LogP contribution in [0.15, 0.2) is 30.5 Å². The number of hydrogen-bond acceptors (Lipinski definition) is 6. The van der Waals surface area contributed by atoms with Crippen LogP contribution in [0.5, 0.6) is 0 Å². The Bertz CT molecular complexity index is 1030. The molecule has 0 saturated carbocycles. The lowest BCUT2D eigenvalue weighted by atomic mass is 10.2. The number of nitrogens with one attached hydrogen (secondary N) is 1. The average Bonchev–Trinajstić information content (AvgIpc) is 2.99. The molecule has 0 fully saturated rings. The van der Waals surface area contributed by atoms with Gasteiger partial charge in [0.25, 0.3) is 5.91 Å². The standard InChI is InChI=1S/C14H16N6O3S/c1-9-5-10-6-11(15)3-4-12(10)20(9)14(21)8-19-16-7-13(17-19)18-24(2,22)23/h3-7H,8,15H2,1-2H3,(H,17,18). The van der Waals surface area contributed by atoms with Gasteiger partial charge in [-0.1, -0.05) is 0 Å². The van der Waals surface area contributed by atoms with Crippen LogP contribution in [-0.2, 0) is 16.6 Å². The largest absolute Gasteiger partial charge is 0.399 e. The van der Waals surface area contributed by atoms with Gasteiger partial charge in [-0.25, -0.2) is 8.42 Å². The Morgan fingerprint density at radius 1 is 1.33 bits per heavy atom. The summed E-state index contributed by atoms with van der Waals surface area (Å²) < 4.78 is 26.1. The van der Waals surface area contributed by atoms with Gasteiger partial charge in [0.1, 0.15) is 6.54 Å². The molecule has 0 atom stereocenters. The van der Waals surface area contributed by atoms with Crippen molar-refractivity contribution >= 4 is 38.3 Å². The van der Waals surface area contributed by atoms with Crippen LogP contribution in [0.25, 0.3) is 10.9 Å². The van der Waals surface area contributed by atoms with E-state index in [-0.39, 0.29) is 18.3 Å². The van der Waals surface area contributed by atoms with Crippen LogP contribution in [0.3, 0.4) is 0 Å². The Balaban J connectivity index is 1.87. The summed E-state index contributed by atoms with van der Waals surface area (Å²) in [5.74, 6) is -0.180. The molecule has 0 spiro atoms. The van der Waals surface area contributed by atoms with Crippen molar-refractivity contribution in [2.24, 2.45) is 0 Å². The molecule has 0 saturated heterocycles. The van der Waals surface area contributed by atoms with Crippen molar-refractivity contribution in [3.8, 4) is 0 Å². The number of anilines is 2. The number of rotatable bonds is 4. The quantitative estimate of drug-likeness (QED) is 0.673. The van der Waals surface area contributed by atoms with E-state index in [9.17, 15) is 13.2 Å². The first-order valence-electron chi connectivity index (χ1n) is 7.01. The van der Waals surface area contributed by atoms with E-state index in [1.54, 1.807) is 22.8 Å². The lowest BCUT2D eigenvalue weighted by molar-refractivity contribution is 0.0884. The summed E-state index contributed by atoms with van der Waals surface area (Å²) in [5, 5.41) is 8.70. The summed E-state index contributed by atoms with van der Waals surface area (Å²) in [6, 6.07) is 7.18. The maximum Gasteiger partial charge on any atom is 0.254 e. The molecule has 0 bridgehead atoms. The van der Waals surface area contributed by atoms with Gasteiger partial charge in [-0.05, 0) is 31.2 Å². The first kappa shape index (κ1) is 16.0. The number of sulfonamides is 1. The minimum atomic E-state index is -3.44. The van der Waals surface area contributed by atoms with Crippen LogP contribution >= 0.6 is 0 Å². The number of nitrogens with zero attached hydrogens (tertiary/aromatic N) is 4. The lowest BCUT2D eigenvalue weighted by Crippen LogP contribution is -2.20. The van der Waals surface area contributed by atoms with Gasteiger partial charge in [0, 0.05) is 16.8 Å². The second-order valence-corrected chi connectivity index (χ2v) is 7.22. The first-order valence-corrected chi connectivity index (χ1v) is 8.91. The molecule has 0 aliphatic rings. The van der Waals surface area contributed by atoms with Crippen LogP contribution in [-0.4, -0.2) is 40.1 Å². The van der Waals surface area contributed by atoms with E-state index in [2.05, 4.69) is 14.9 Å². The van der Waals surface area contributed by atoms with Crippen LogP contribution in [0.1, 0.15) is 10.5 Å². The maximum atomic E-state index is 12.6. The summed E-state index contributed by atoms with van der Waals surface area (Å²) in [6.07, 6.45) is 2.26. The van der Waals surface area contributed by atoms with Gasteiger partial charge in [0.15, 0.2) is 5.82 Å². The van der Waals surface area contributed by atoms with Gasteiger partial charge in [-0.3, -0.25) is 14.1 Å². The Morgan fingerprint density at radius 2 is 2.08 bits per heavy atom. The zero-order valence-electron chi connectivity index (χ0n) is 13.1. The van der Waals surface area contributed by atoms with Crippen molar-refractivity contribution in [3.05, 3.63) is 36.2 Å². The lowest BCUT2D eigenvalue weighted by Gasteiger charge is -2.06. The summed E-state index contributed by atoms with van der Waals surface area (Å²) in [7, 11) is -3.44. The second-order valence-electron chi connectivity index (χ2n) is 5.47. The normalized spacial score (nSPS) is 11.8. The summed E-state index contributed by atoms with van der Waals surface area (Å²) in [4.78, 5) is 13.7. The summed E-state index contributed by atoms with van der Waals surface area (Å²) in [6.45, 7) is 1.70. The predicted molar refractivity (Wildman–Crippen MR) is 90.2 cm³/mol. The molecule has 0 radical (unpaired) electrons. The minimum Gasteiger partial charge on any atom is -0.399 e. The van der Waals surface area contributed by atoms with E-state index in [1.165, 1.54) is 6.20 Å². The third kappa shape index (κ3) is 3.23. The highest BCUT2D eigenvalue weighted by Crippen LogP contribution is 2.22. The highest BCUT2D eigenvalue weighted by atomic mass is 32.2. The predicted octanol–water partition coefficient (Wildman–Crippen LogP) is 0.835. The van der Waals surface area contributed by atoms with Gasteiger partial charge in [0.05, 0.1) is 18.0 Å². The molecule has 3 rings (SSSR count). The average molecular weight is 348 g/mol. The molecule has 126 valence electrons. The molecule has 3 N–H and O–H groups in total. The number of nitrogens with two attached hydrogens (primary N) is 1. The SMILES string of the molecule is Cc1cc2cc(N)ccc2n1C(=O)Cn1ncc(NS(C)(=O)=O)n1. The highest BCUT2D eigenvalue weighted by Gasteiger charge is 2.15. The van der Waals surface area contributed by atoms with Crippen molar-refractivity contribution in [1.82, 2.24) is 19.6 Å². The van der Waals surface area contributed by atoms with E-state index in [0.717, 1.165) is 27.6 Å². The van der Waals surface area contributed by atoms with Crippen LogP contribution in [0, 0.1) is 6.92 Å². The van der Waals surface area contributed by atoms with Crippen molar-refractivity contribution in [3.63, 3.8) is 0 Å². The topological polar surface area (TPSA) is 125 Å². The van der Waals surface area contributed by atoms with E-state index < -0.39 is 10.0 Å². The van der Waals surface area contributed by atoms with E-state index >= 15 is 0 Å². The Kier molecular flexibility index (Phi) is 3.76. The molecule has 2 heterocycles. The summed E-state index contributed by atoms with van der Waals surface area (Å²) in [5.41, 5.74) is 7.89. The Morgan fingerprint density at radius 3 is 2.79 bits per heavy atom. The van der Waals surface area contributed by atoms with Crippen LogP contribution < -0.4 is 10.5 Å². The Labute approximate surface area is 138 Å². The molecule has 9 nitrogen and oxygen atoms in total. The van der Waals surface area contributed by atoms with Gasteiger partial charge >= 0.3 is 0 Å². The van der Waals surface area contributed by atoms with Crippen molar-refractivity contribution < 1.29 is 13.2 Å². The van der Waals surface area contributed by atoms with Crippen LogP contribution in [0.2, 0.25) is 0 Å². The number of carbonyl (C=O) groups is 1. The first-order chi connectivity index (χ1) is 11.2. The number of hydrogen-bond donors (Lipinski definition) is 2. The molecular weight excluding hydrogens is 332 g/mol. The molecule has 0 aliphatic carbocycles. The highest BCUT2D eigenvalue weighted by molar-refractivity contribution is 7.92. The fourth-order valence-corrected chi connectivity index (χ4v) is 2.98. The number of aryl methyl sites for hydroxylation is 1. The van der Waals surface area contributed by atoms with Gasteiger partial charge in [-0.2, -0.15) is 9.90 Å². The second kappa shape index (κ2) is 5.64. The summed E-state index contributed by atoms with van der Waals surface area (Å²) >= 11 is 0. The zero-order valence-corrected chi connectivity index (χ0v) is 13.9. The monoisotopic (exact) mass is 348 g/mol. The maximum absolute atomic E-state index is 12.6. The molecule has 2 aromatic heterocycles. The van der Waals surface area contributed by atoms with Crippen molar-refractivity contribution in [1.29, 1.82) is 0 Å². The number of carbonyl (C=O) groups excluding carboxylic acids is 1. The van der Waals surface area contributed by atoms with Gasteiger partial charge in [0.2, 0.25) is 10.0 Å². The number of benzene rings is 1. The third-order valence-electron chi connectivity index (χ3n) is 3.36. The van der Waals surface area contributed by atoms with Crippen molar-refractivity contribution in [2.75, 3.05) is 16.7 Å². The fourth-order valence-electron chi connectivity index (χ4n) is 2.50. The molecule has 0 unspecified atom stereocenters. The van der Waals surface area contributed by atoms with Crippen molar-refractivity contribution in [2.45, 2.75) is 13.5 Å². The molecule has 24 heavy (non-hydrogen) atoms. The fraction of sp³-hybridized carbons (Fsp3) is 0.214. The van der Waals surface area contributed by atoms with E-state index in [0.29, 0.717) is 5.69 Å². The molecular formula is C14H16N6O3S. The number of fused-ring (bicyclic) bond motifs is 1. The number of nitrogen functional groups attached to an aromatic ring is 1. The zero-order chi connectivity index (χ0) is 17.5. The molecule has 0 aliphatic heterocycles. The van der Waals surface area contributed by atoms with Gasteiger partial charge in [-0.15, -0.1) is 5.10 Å². The number of aromatic nitrogens is 4. The van der Waals surface area contributed by atoms with E-state index in [4.69, 9.17) is 5.73 Å². The smallest absolute Gasteiger partial charge is 0.254 e.